The largest absolute Gasteiger partial charge is 0.481 e. The molecular formula is C15H20N4O3S2. The van der Waals surface area contributed by atoms with E-state index in [9.17, 15) is 8.42 Å². The highest BCUT2D eigenvalue weighted by Crippen LogP contribution is 2.22. The van der Waals surface area contributed by atoms with Crippen LogP contribution in [0, 0.1) is 6.92 Å². The van der Waals surface area contributed by atoms with E-state index in [2.05, 4.69) is 19.6 Å². The Bertz CT molecular complexity index is 785. The highest BCUT2D eigenvalue weighted by atomic mass is 32.2. The average Bonchev–Trinajstić information content (AvgIpc) is 3.10. The maximum absolute atomic E-state index is 12.3. The molecule has 1 N–H and O–H groups in total. The van der Waals surface area contributed by atoms with E-state index in [1.165, 1.54) is 11.3 Å². The summed E-state index contributed by atoms with van der Waals surface area (Å²) in [6.45, 7) is 3.30. The second-order valence-electron chi connectivity index (χ2n) is 5.67. The first-order valence-corrected chi connectivity index (χ1v) is 10.0. The Hall–Kier alpha value is -1.71. The molecule has 7 nitrogen and oxygen atoms in total. The fourth-order valence-electron chi connectivity index (χ4n) is 2.66. The van der Waals surface area contributed by atoms with Crippen LogP contribution in [0.2, 0.25) is 0 Å². The summed E-state index contributed by atoms with van der Waals surface area (Å²) in [5.41, 5.74) is 0.845. The van der Waals surface area contributed by atoms with Gasteiger partial charge in [0, 0.05) is 30.9 Å². The highest BCUT2D eigenvalue weighted by Gasteiger charge is 2.26. The summed E-state index contributed by atoms with van der Waals surface area (Å²) >= 11 is 1.23. The first-order chi connectivity index (χ1) is 11.5. The molecule has 0 bridgehead atoms. The molecule has 0 saturated carbocycles. The summed E-state index contributed by atoms with van der Waals surface area (Å²) in [4.78, 5) is 10.9. The molecule has 130 valence electrons. The SMILES string of the molecule is COc1cc(C)nc(N2CCC(NS(=O)(=O)c3cccs3)CC2)n1. The maximum atomic E-state index is 12.3. The lowest BCUT2D eigenvalue weighted by Gasteiger charge is -2.32. The van der Waals surface area contributed by atoms with Gasteiger partial charge in [0.25, 0.3) is 0 Å². The van der Waals surface area contributed by atoms with Crippen LogP contribution in [0.25, 0.3) is 0 Å². The van der Waals surface area contributed by atoms with Gasteiger partial charge in [-0.3, -0.25) is 0 Å². The molecular weight excluding hydrogens is 348 g/mol. The van der Waals surface area contributed by atoms with Crippen molar-refractivity contribution in [3.8, 4) is 5.88 Å². The second-order valence-corrected chi connectivity index (χ2v) is 8.55. The molecule has 0 aliphatic carbocycles. The van der Waals surface area contributed by atoms with Crippen molar-refractivity contribution in [1.82, 2.24) is 14.7 Å². The van der Waals surface area contributed by atoms with Crippen LogP contribution in [0.3, 0.4) is 0 Å². The zero-order valence-electron chi connectivity index (χ0n) is 13.6. The molecule has 1 saturated heterocycles. The van der Waals surface area contributed by atoms with Gasteiger partial charge in [0.2, 0.25) is 21.9 Å². The summed E-state index contributed by atoms with van der Waals surface area (Å²) in [7, 11) is -1.84. The standard InChI is InChI=1S/C15H20N4O3S2/c1-11-10-13(22-2)17-15(16-11)19-7-5-12(6-8-19)18-24(20,21)14-4-3-9-23-14/h3-4,9-10,12,18H,5-8H2,1-2H3. The minimum atomic E-state index is -3.42. The summed E-state index contributed by atoms with van der Waals surface area (Å²) in [5.74, 6) is 1.17. The predicted octanol–water partition coefficient (Wildman–Crippen LogP) is 1.80. The fourth-order valence-corrected chi connectivity index (χ4v) is 4.98. The van der Waals surface area contributed by atoms with Crippen LogP contribution < -0.4 is 14.4 Å². The van der Waals surface area contributed by atoms with Crippen LogP contribution in [-0.2, 0) is 10.0 Å². The van der Waals surface area contributed by atoms with E-state index >= 15 is 0 Å². The van der Waals surface area contributed by atoms with E-state index in [4.69, 9.17) is 4.74 Å². The van der Waals surface area contributed by atoms with Gasteiger partial charge in [-0.15, -0.1) is 11.3 Å². The molecule has 0 unspecified atom stereocenters. The van der Waals surface area contributed by atoms with Crippen molar-refractivity contribution in [2.75, 3.05) is 25.1 Å². The lowest BCUT2D eigenvalue weighted by molar-refractivity contribution is 0.394. The Kier molecular flexibility index (Phi) is 5.02. The van der Waals surface area contributed by atoms with Crippen LogP contribution in [0.5, 0.6) is 5.88 Å². The fraction of sp³-hybridized carbons (Fsp3) is 0.467. The van der Waals surface area contributed by atoms with E-state index < -0.39 is 10.0 Å². The number of aryl methyl sites for hydroxylation is 1. The number of hydrogen-bond donors (Lipinski definition) is 1. The van der Waals surface area contributed by atoms with Gasteiger partial charge in [0.15, 0.2) is 0 Å². The highest BCUT2D eigenvalue weighted by molar-refractivity contribution is 7.91. The van der Waals surface area contributed by atoms with Crippen LogP contribution in [-0.4, -0.2) is 44.6 Å². The Balaban J connectivity index is 1.63. The average molecular weight is 368 g/mol. The number of hydrogen-bond acceptors (Lipinski definition) is 7. The normalized spacial score (nSPS) is 16.3. The molecule has 3 rings (SSSR count). The first-order valence-electron chi connectivity index (χ1n) is 7.68. The Morgan fingerprint density at radius 2 is 2.08 bits per heavy atom. The van der Waals surface area contributed by atoms with Crippen LogP contribution in [0.1, 0.15) is 18.5 Å². The second kappa shape index (κ2) is 7.04. The molecule has 0 spiro atoms. The molecule has 9 heteroatoms. The maximum Gasteiger partial charge on any atom is 0.250 e. The van der Waals surface area contributed by atoms with Crippen molar-refractivity contribution in [1.29, 1.82) is 0 Å². The number of anilines is 1. The van der Waals surface area contributed by atoms with Crippen molar-refractivity contribution < 1.29 is 13.2 Å². The number of aromatic nitrogens is 2. The molecule has 0 amide bonds. The Morgan fingerprint density at radius 1 is 1.33 bits per heavy atom. The van der Waals surface area contributed by atoms with Crippen molar-refractivity contribution >= 4 is 27.3 Å². The molecule has 0 atom stereocenters. The van der Waals surface area contributed by atoms with Gasteiger partial charge in [-0.25, -0.2) is 18.1 Å². The summed E-state index contributed by atoms with van der Waals surface area (Å²) in [5, 5.41) is 1.76. The van der Waals surface area contributed by atoms with Crippen molar-refractivity contribution in [2.24, 2.45) is 0 Å². The number of rotatable bonds is 5. The Morgan fingerprint density at radius 3 is 2.71 bits per heavy atom. The van der Waals surface area contributed by atoms with Gasteiger partial charge in [-0.1, -0.05) is 6.07 Å². The van der Waals surface area contributed by atoms with Gasteiger partial charge in [0.05, 0.1) is 7.11 Å². The van der Waals surface area contributed by atoms with E-state index in [0.29, 0.717) is 42.0 Å². The van der Waals surface area contributed by atoms with E-state index in [1.54, 1.807) is 30.7 Å². The van der Waals surface area contributed by atoms with Gasteiger partial charge >= 0.3 is 0 Å². The number of piperidine rings is 1. The minimum Gasteiger partial charge on any atom is -0.481 e. The van der Waals surface area contributed by atoms with Gasteiger partial charge in [-0.05, 0) is 31.2 Å². The third kappa shape index (κ3) is 3.85. The zero-order chi connectivity index (χ0) is 17.2. The van der Waals surface area contributed by atoms with Crippen molar-refractivity contribution in [3.05, 3.63) is 29.3 Å². The third-order valence-corrected chi connectivity index (χ3v) is 6.81. The van der Waals surface area contributed by atoms with Crippen molar-refractivity contribution in [2.45, 2.75) is 30.0 Å². The minimum absolute atomic E-state index is 0.0694. The molecule has 0 aromatic carbocycles. The van der Waals surface area contributed by atoms with E-state index in [-0.39, 0.29) is 6.04 Å². The smallest absolute Gasteiger partial charge is 0.250 e. The summed E-state index contributed by atoms with van der Waals surface area (Å²) < 4.78 is 32.9. The molecule has 3 heterocycles. The molecule has 1 fully saturated rings. The van der Waals surface area contributed by atoms with Gasteiger partial charge < -0.3 is 9.64 Å². The number of thiophene rings is 1. The number of nitrogens with zero attached hydrogens (tertiary/aromatic N) is 3. The number of methoxy groups -OCH3 is 1. The van der Waals surface area contributed by atoms with Crippen LogP contribution >= 0.6 is 11.3 Å². The zero-order valence-corrected chi connectivity index (χ0v) is 15.2. The topological polar surface area (TPSA) is 84.4 Å². The van der Waals surface area contributed by atoms with Gasteiger partial charge in [-0.2, -0.15) is 4.98 Å². The van der Waals surface area contributed by atoms with E-state index in [0.717, 1.165) is 5.69 Å². The van der Waals surface area contributed by atoms with Crippen LogP contribution in [0.4, 0.5) is 5.95 Å². The molecule has 1 aliphatic rings. The number of nitrogens with one attached hydrogen (secondary N) is 1. The first kappa shape index (κ1) is 17.1. The van der Waals surface area contributed by atoms with E-state index in [1.807, 2.05) is 6.92 Å². The lowest BCUT2D eigenvalue weighted by Crippen LogP contribution is -2.45. The molecule has 1 aliphatic heterocycles. The molecule has 2 aromatic heterocycles. The lowest BCUT2D eigenvalue weighted by atomic mass is 10.1. The quantitative estimate of drug-likeness (QED) is 0.866. The summed E-state index contributed by atoms with van der Waals surface area (Å²) in [6.07, 6.45) is 1.43. The number of ether oxygens (including phenoxy) is 1. The molecule has 2 aromatic rings. The predicted molar refractivity (Wildman–Crippen MR) is 93.2 cm³/mol. The number of sulfonamides is 1. The monoisotopic (exact) mass is 368 g/mol. The van der Waals surface area contributed by atoms with Gasteiger partial charge in [0.1, 0.15) is 4.21 Å². The Labute approximate surface area is 145 Å². The molecule has 0 radical (unpaired) electrons. The third-order valence-electron chi connectivity index (χ3n) is 3.89. The van der Waals surface area contributed by atoms with Crippen molar-refractivity contribution in [3.63, 3.8) is 0 Å². The summed E-state index contributed by atoms with van der Waals surface area (Å²) in [6, 6.07) is 5.07. The van der Waals surface area contributed by atoms with Crippen LogP contribution in [0.15, 0.2) is 27.8 Å². The molecule has 24 heavy (non-hydrogen) atoms.